The van der Waals surface area contributed by atoms with Gasteiger partial charge in [0.15, 0.2) is 0 Å². The van der Waals surface area contributed by atoms with E-state index in [0.29, 0.717) is 22.3 Å². The number of benzene rings is 1. The molecule has 2 atom stereocenters. The zero-order valence-corrected chi connectivity index (χ0v) is 13.6. The summed E-state index contributed by atoms with van der Waals surface area (Å²) < 4.78 is 11.5. The minimum Gasteiger partial charge on any atom is -0.335 e. The molecule has 0 bridgehead atoms. The van der Waals surface area contributed by atoms with Crippen molar-refractivity contribution in [3.8, 4) is 0 Å². The summed E-state index contributed by atoms with van der Waals surface area (Å²) in [5, 5.41) is 1.01. The Balaban J connectivity index is 2.16. The molecule has 1 aliphatic rings. The molecule has 0 saturated carbocycles. The average molecular weight is 334 g/mol. The third kappa shape index (κ3) is 3.54. The van der Waals surface area contributed by atoms with Gasteiger partial charge in [0.1, 0.15) is 5.75 Å². The quantitative estimate of drug-likeness (QED) is 0.846. The normalized spacial score (nSPS) is 20.1. The van der Waals surface area contributed by atoms with Gasteiger partial charge in [0.25, 0.3) is 0 Å². The summed E-state index contributed by atoms with van der Waals surface area (Å²) in [6, 6.07) is 5.49. The lowest BCUT2D eigenvalue weighted by Gasteiger charge is -2.25. The van der Waals surface area contributed by atoms with Crippen LogP contribution in [0.4, 0.5) is 0 Å². The highest BCUT2D eigenvalue weighted by Gasteiger charge is 2.30. The fourth-order valence-corrected chi connectivity index (χ4v) is 3.41. The number of likely N-dealkylation sites (tertiary alicyclic amines) is 1. The molecule has 0 N–H and O–H groups in total. The molecule has 6 heteroatoms. The van der Waals surface area contributed by atoms with Crippen molar-refractivity contribution in [3.63, 3.8) is 0 Å². The third-order valence-electron chi connectivity index (χ3n) is 3.51. The van der Waals surface area contributed by atoms with E-state index >= 15 is 0 Å². The lowest BCUT2D eigenvalue weighted by molar-refractivity contribution is -0.129. The molecule has 0 aliphatic carbocycles. The number of carbonyl (C=O) groups excluding carboxylic acids is 1. The van der Waals surface area contributed by atoms with Gasteiger partial charge < -0.3 is 4.90 Å². The number of amides is 1. The van der Waals surface area contributed by atoms with Crippen molar-refractivity contribution in [2.75, 3.05) is 18.1 Å². The maximum absolute atomic E-state index is 12.2. The molecule has 0 unspecified atom stereocenters. The van der Waals surface area contributed by atoms with Crippen LogP contribution >= 0.6 is 23.2 Å². The van der Waals surface area contributed by atoms with Crippen LogP contribution in [0.1, 0.15) is 31.4 Å². The lowest BCUT2D eigenvalue weighted by atomic mass is 10.0. The topological polar surface area (TPSA) is 37.4 Å². The fraction of sp³-hybridized carbons (Fsp3) is 0.500. The van der Waals surface area contributed by atoms with Crippen LogP contribution in [0.3, 0.4) is 0 Å². The lowest BCUT2D eigenvalue weighted by Crippen LogP contribution is -2.34. The Morgan fingerprint density at radius 2 is 2.15 bits per heavy atom. The summed E-state index contributed by atoms with van der Waals surface area (Å²) in [6.45, 7) is 2.54. The monoisotopic (exact) mass is 333 g/mol. The number of nitrogens with zero attached hydrogens (tertiary/aromatic N) is 1. The van der Waals surface area contributed by atoms with E-state index in [1.54, 1.807) is 6.07 Å². The van der Waals surface area contributed by atoms with Gasteiger partial charge in [-0.25, -0.2) is 0 Å². The molecule has 2 rings (SSSR count). The van der Waals surface area contributed by atoms with E-state index < -0.39 is 10.8 Å². The molecule has 1 saturated heterocycles. The number of carbonyl (C=O) groups is 1. The highest BCUT2D eigenvalue weighted by atomic mass is 35.5. The van der Waals surface area contributed by atoms with E-state index in [1.807, 2.05) is 24.0 Å². The van der Waals surface area contributed by atoms with E-state index in [1.165, 1.54) is 0 Å². The van der Waals surface area contributed by atoms with E-state index in [2.05, 4.69) is 0 Å². The van der Waals surface area contributed by atoms with Gasteiger partial charge in [-0.1, -0.05) is 36.2 Å². The van der Waals surface area contributed by atoms with Crippen molar-refractivity contribution in [1.82, 2.24) is 4.90 Å². The van der Waals surface area contributed by atoms with E-state index in [4.69, 9.17) is 23.2 Å². The smallest absolute Gasteiger partial charge is 0.235 e. The van der Waals surface area contributed by atoms with Crippen molar-refractivity contribution in [2.45, 2.75) is 25.8 Å². The number of hydrogen-bond acceptors (Lipinski definition) is 2. The van der Waals surface area contributed by atoms with Gasteiger partial charge >= 0.3 is 0 Å². The highest BCUT2D eigenvalue weighted by Crippen LogP contribution is 2.35. The summed E-state index contributed by atoms with van der Waals surface area (Å²) in [7, 11) is -1.07. The molecule has 1 heterocycles. The molecule has 1 aromatic rings. The second kappa shape index (κ2) is 6.92. The maximum Gasteiger partial charge on any atom is 0.235 e. The molecule has 20 heavy (non-hydrogen) atoms. The molecule has 1 amide bonds. The molecule has 110 valence electrons. The Labute approximate surface area is 131 Å². The van der Waals surface area contributed by atoms with Gasteiger partial charge in [-0.15, -0.1) is 0 Å². The number of hydrogen-bond donors (Lipinski definition) is 0. The fourth-order valence-electron chi connectivity index (χ4n) is 2.45. The first-order valence-electron chi connectivity index (χ1n) is 6.62. The van der Waals surface area contributed by atoms with E-state index in [-0.39, 0.29) is 17.7 Å². The Kier molecular flexibility index (Phi) is 5.47. The summed E-state index contributed by atoms with van der Waals surface area (Å²) >= 11 is 12.0. The van der Waals surface area contributed by atoms with Crippen molar-refractivity contribution in [1.29, 1.82) is 0 Å². The van der Waals surface area contributed by atoms with Gasteiger partial charge in [-0.2, -0.15) is 0 Å². The first-order valence-corrected chi connectivity index (χ1v) is 8.86. The molecule has 3 nitrogen and oxygen atoms in total. The molecule has 1 fully saturated rings. The van der Waals surface area contributed by atoms with Gasteiger partial charge in [0, 0.05) is 23.1 Å². The average Bonchev–Trinajstić information content (AvgIpc) is 2.91. The van der Waals surface area contributed by atoms with Crippen LogP contribution in [-0.2, 0) is 15.6 Å². The predicted molar refractivity (Wildman–Crippen MR) is 83.7 cm³/mol. The molecule has 1 aromatic carbocycles. The molecule has 1 aliphatic heterocycles. The predicted octanol–water partition coefficient (Wildman–Crippen LogP) is 3.43. The summed E-state index contributed by atoms with van der Waals surface area (Å²) in [5.41, 5.74) is 0.993. The van der Waals surface area contributed by atoms with Gasteiger partial charge in [-0.3, -0.25) is 9.00 Å². The maximum atomic E-state index is 12.2. The number of rotatable bonds is 4. The SMILES string of the molecule is CC[S@@](=O)CC(=O)N1CCC[C@H]1c1ccc(Cl)c(Cl)c1. The van der Waals surface area contributed by atoms with Gasteiger partial charge in [0.2, 0.25) is 5.91 Å². The van der Waals surface area contributed by atoms with Crippen LogP contribution in [0.2, 0.25) is 10.0 Å². The Morgan fingerprint density at radius 3 is 2.80 bits per heavy atom. The van der Waals surface area contributed by atoms with Crippen molar-refractivity contribution < 1.29 is 9.00 Å². The third-order valence-corrected chi connectivity index (χ3v) is 5.46. The summed E-state index contributed by atoms with van der Waals surface area (Å²) in [4.78, 5) is 14.0. The first kappa shape index (κ1) is 15.8. The molecule has 0 aromatic heterocycles. The summed E-state index contributed by atoms with van der Waals surface area (Å²) in [6.07, 6.45) is 1.86. The van der Waals surface area contributed by atoms with Crippen LogP contribution in [0.15, 0.2) is 18.2 Å². The minimum atomic E-state index is -1.07. The Hall–Kier alpha value is -0.580. The van der Waals surface area contributed by atoms with Crippen LogP contribution in [0.5, 0.6) is 0 Å². The van der Waals surface area contributed by atoms with Crippen molar-refractivity contribution in [2.24, 2.45) is 0 Å². The van der Waals surface area contributed by atoms with Crippen LogP contribution in [0, 0.1) is 0 Å². The van der Waals surface area contributed by atoms with Gasteiger partial charge in [0.05, 0.1) is 16.1 Å². The van der Waals surface area contributed by atoms with Crippen molar-refractivity contribution >= 4 is 39.9 Å². The minimum absolute atomic E-state index is 0.0196. The van der Waals surface area contributed by atoms with E-state index in [0.717, 1.165) is 18.4 Å². The van der Waals surface area contributed by atoms with Crippen LogP contribution < -0.4 is 0 Å². The standard InChI is InChI=1S/C14H17Cl2NO2S/c1-2-20(19)9-14(18)17-7-3-4-13(17)10-5-6-11(15)12(16)8-10/h5-6,8,13H,2-4,7,9H2,1H3/t13-,20+/m0/s1. The highest BCUT2D eigenvalue weighted by molar-refractivity contribution is 7.85. The summed E-state index contributed by atoms with van der Waals surface area (Å²) in [5.74, 6) is 0.574. The van der Waals surface area contributed by atoms with Crippen LogP contribution in [0.25, 0.3) is 0 Å². The molecule has 0 spiro atoms. The zero-order valence-electron chi connectivity index (χ0n) is 11.3. The zero-order chi connectivity index (χ0) is 14.7. The van der Waals surface area contributed by atoms with Crippen LogP contribution in [-0.4, -0.2) is 33.1 Å². The molecular weight excluding hydrogens is 317 g/mol. The van der Waals surface area contributed by atoms with Crippen molar-refractivity contribution in [3.05, 3.63) is 33.8 Å². The van der Waals surface area contributed by atoms with Gasteiger partial charge in [-0.05, 0) is 30.5 Å². The Morgan fingerprint density at radius 1 is 1.40 bits per heavy atom. The first-order chi connectivity index (χ1) is 9.52. The molecular formula is C14H17Cl2NO2S. The second-order valence-corrected chi connectivity index (χ2v) is 7.35. The largest absolute Gasteiger partial charge is 0.335 e. The number of halogens is 2. The van der Waals surface area contributed by atoms with E-state index in [9.17, 15) is 9.00 Å². The second-order valence-electron chi connectivity index (χ2n) is 4.79. The Bertz CT molecular complexity index is 536. The molecule has 0 radical (unpaired) electrons.